The van der Waals surface area contributed by atoms with Crippen molar-refractivity contribution in [2.45, 2.75) is 52.2 Å². The number of anilines is 2. The number of carbonyl (C=O) groups excluding carboxylic acids is 2. The highest BCUT2D eigenvalue weighted by Crippen LogP contribution is 2.25. The van der Waals surface area contributed by atoms with Crippen molar-refractivity contribution in [3.8, 4) is 0 Å². The quantitative estimate of drug-likeness (QED) is 0.396. The third kappa shape index (κ3) is 7.75. The first-order valence-corrected chi connectivity index (χ1v) is 13.3. The average Bonchev–Trinajstić information content (AvgIpc) is 2.92. The maximum Gasteiger partial charge on any atom is 0.410 e. The maximum absolute atomic E-state index is 13.7. The number of amides is 2. The minimum absolute atomic E-state index is 0.0418. The number of ether oxygens (including phenoxy) is 1. The molecule has 2 aromatic carbocycles. The van der Waals surface area contributed by atoms with Crippen LogP contribution in [0.2, 0.25) is 0 Å². The Bertz CT molecular complexity index is 1260. The van der Waals surface area contributed by atoms with Crippen molar-refractivity contribution >= 4 is 23.8 Å². The second-order valence-electron chi connectivity index (χ2n) is 10.8. The monoisotopic (exact) mass is 533 g/mol. The van der Waals surface area contributed by atoms with Crippen molar-refractivity contribution in [2.24, 2.45) is 5.92 Å². The normalized spacial score (nSPS) is 14.9. The van der Waals surface area contributed by atoms with Crippen molar-refractivity contribution in [1.82, 2.24) is 14.9 Å². The predicted molar refractivity (Wildman–Crippen MR) is 149 cm³/mol. The predicted octanol–water partition coefficient (Wildman–Crippen LogP) is 6.08. The van der Waals surface area contributed by atoms with Crippen LogP contribution in [0, 0.1) is 11.7 Å². The molecule has 1 aliphatic rings. The van der Waals surface area contributed by atoms with Crippen molar-refractivity contribution in [2.75, 3.05) is 29.9 Å². The number of hydrogen-bond acceptors (Lipinski definition) is 6. The SMILES string of the molecule is C[C@H](Nc1nccc(N(CC2CCN(C(=O)OC(C)(C)C)CC2)C(=O)c2ccc(F)cc2)n1)c1ccccc1. The molecule has 2 heterocycles. The molecule has 0 aliphatic carbocycles. The van der Waals surface area contributed by atoms with E-state index < -0.39 is 11.4 Å². The molecule has 206 valence electrons. The van der Waals surface area contributed by atoms with Crippen LogP contribution < -0.4 is 10.2 Å². The Labute approximate surface area is 229 Å². The van der Waals surface area contributed by atoms with Crippen LogP contribution in [0.1, 0.15) is 62.5 Å². The zero-order valence-corrected chi connectivity index (χ0v) is 22.9. The average molecular weight is 534 g/mol. The molecular weight excluding hydrogens is 497 g/mol. The van der Waals surface area contributed by atoms with Gasteiger partial charge in [-0.1, -0.05) is 30.3 Å². The van der Waals surface area contributed by atoms with E-state index in [0.717, 1.165) is 5.56 Å². The van der Waals surface area contributed by atoms with E-state index in [0.29, 0.717) is 49.8 Å². The molecule has 0 saturated carbocycles. The molecule has 1 N–H and O–H groups in total. The van der Waals surface area contributed by atoms with E-state index in [1.165, 1.54) is 24.3 Å². The van der Waals surface area contributed by atoms with Gasteiger partial charge in [-0.3, -0.25) is 9.69 Å². The van der Waals surface area contributed by atoms with Crippen LogP contribution in [-0.2, 0) is 4.74 Å². The molecule has 1 aliphatic heterocycles. The Hall–Kier alpha value is -4.01. The van der Waals surface area contributed by atoms with Crippen LogP contribution in [0.4, 0.5) is 21.0 Å². The molecule has 0 radical (unpaired) electrons. The Morgan fingerprint density at radius 1 is 1.08 bits per heavy atom. The molecule has 4 rings (SSSR count). The van der Waals surface area contributed by atoms with Gasteiger partial charge in [-0.15, -0.1) is 0 Å². The number of nitrogens with one attached hydrogen (secondary N) is 1. The molecule has 1 saturated heterocycles. The number of halogens is 1. The number of likely N-dealkylation sites (tertiary alicyclic amines) is 1. The lowest BCUT2D eigenvalue weighted by molar-refractivity contribution is 0.0185. The molecule has 8 nitrogen and oxygen atoms in total. The van der Waals surface area contributed by atoms with Crippen LogP contribution >= 0.6 is 0 Å². The summed E-state index contributed by atoms with van der Waals surface area (Å²) in [5.41, 5.74) is 0.902. The van der Waals surface area contributed by atoms with E-state index in [1.54, 1.807) is 22.1 Å². The standard InChI is InChI=1S/C30H36FN5O3/c1-21(23-8-6-5-7-9-23)33-28-32-17-14-26(34-28)36(27(37)24-10-12-25(31)13-11-24)20-22-15-18-35(19-16-22)29(38)39-30(2,3)4/h5-14,17,21-22H,15-16,18-20H2,1-4H3,(H,32,33,34)/t21-/m0/s1. The molecule has 2 amide bonds. The number of hydrogen-bond donors (Lipinski definition) is 1. The topological polar surface area (TPSA) is 87.7 Å². The third-order valence-corrected chi connectivity index (χ3v) is 6.61. The number of aromatic nitrogens is 2. The minimum atomic E-state index is -0.553. The Kier molecular flexibility index (Phi) is 8.79. The fourth-order valence-electron chi connectivity index (χ4n) is 4.50. The molecule has 39 heavy (non-hydrogen) atoms. The summed E-state index contributed by atoms with van der Waals surface area (Å²) in [6.07, 6.45) is 2.74. The largest absolute Gasteiger partial charge is 0.444 e. The van der Waals surface area contributed by atoms with Crippen LogP contribution in [-0.4, -0.2) is 52.1 Å². The lowest BCUT2D eigenvalue weighted by Crippen LogP contribution is -2.45. The number of nitrogens with zero attached hydrogens (tertiary/aromatic N) is 4. The molecule has 1 fully saturated rings. The molecule has 9 heteroatoms. The summed E-state index contributed by atoms with van der Waals surface area (Å²) >= 11 is 0. The van der Waals surface area contributed by atoms with E-state index in [2.05, 4.69) is 15.3 Å². The molecule has 1 atom stereocenters. The highest BCUT2D eigenvalue weighted by atomic mass is 19.1. The molecule has 1 aromatic heterocycles. The van der Waals surface area contributed by atoms with Gasteiger partial charge in [0.1, 0.15) is 17.2 Å². The van der Waals surface area contributed by atoms with Crippen LogP contribution in [0.25, 0.3) is 0 Å². The maximum atomic E-state index is 13.7. The van der Waals surface area contributed by atoms with Crippen molar-refractivity contribution in [3.05, 3.63) is 83.8 Å². The van der Waals surface area contributed by atoms with E-state index >= 15 is 0 Å². The van der Waals surface area contributed by atoms with Gasteiger partial charge in [-0.2, -0.15) is 4.98 Å². The van der Waals surface area contributed by atoms with Gasteiger partial charge in [-0.25, -0.2) is 14.2 Å². The van der Waals surface area contributed by atoms with Gasteiger partial charge in [0.25, 0.3) is 5.91 Å². The molecule has 0 spiro atoms. The first kappa shape index (κ1) is 28.0. The molecule has 0 bridgehead atoms. The first-order valence-electron chi connectivity index (χ1n) is 13.3. The van der Waals surface area contributed by atoms with Gasteiger partial charge in [0.15, 0.2) is 0 Å². The Morgan fingerprint density at radius 2 is 1.74 bits per heavy atom. The van der Waals surface area contributed by atoms with E-state index in [4.69, 9.17) is 4.74 Å². The van der Waals surface area contributed by atoms with Gasteiger partial charge >= 0.3 is 6.09 Å². The van der Waals surface area contributed by atoms with Crippen molar-refractivity contribution in [3.63, 3.8) is 0 Å². The summed E-state index contributed by atoms with van der Waals surface area (Å²) in [6.45, 7) is 9.06. The van der Waals surface area contributed by atoms with Crippen LogP contribution in [0.15, 0.2) is 66.9 Å². The van der Waals surface area contributed by atoms with Crippen LogP contribution in [0.3, 0.4) is 0 Å². The Balaban J connectivity index is 1.51. The number of carbonyl (C=O) groups is 2. The van der Waals surface area contributed by atoms with Gasteiger partial charge in [0.2, 0.25) is 5.95 Å². The lowest BCUT2D eigenvalue weighted by atomic mass is 9.96. The van der Waals surface area contributed by atoms with E-state index in [1.807, 2.05) is 58.0 Å². The van der Waals surface area contributed by atoms with Gasteiger partial charge in [0, 0.05) is 31.4 Å². The third-order valence-electron chi connectivity index (χ3n) is 6.61. The summed E-state index contributed by atoms with van der Waals surface area (Å²) in [5, 5.41) is 3.31. The minimum Gasteiger partial charge on any atom is -0.444 e. The summed E-state index contributed by atoms with van der Waals surface area (Å²) in [5.74, 6) is 0.321. The van der Waals surface area contributed by atoms with Gasteiger partial charge in [-0.05, 0) is 82.3 Å². The summed E-state index contributed by atoms with van der Waals surface area (Å²) in [4.78, 5) is 38.5. The lowest BCUT2D eigenvalue weighted by Gasteiger charge is -2.35. The second-order valence-corrected chi connectivity index (χ2v) is 10.8. The van der Waals surface area contributed by atoms with Gasteiger partial charge < -0.3 is 15.0 Å². The first-order chi connectivity index (χ1) is 18.6. The molecular formula is C30H36FN5O3. The summed E-state index contributed by atoms with van der Waals surface area (Å²) < 4.78 is 19.1. The summed E-state index contributed by atoms with van der Waals surface area (Å²) in [7, 11) is 0. The van der Waals surface area contributed by atoms with E-state index in [-0.39, 0.29) is 24.0 Å². The highest BCUT2D eigenvalue weighted by molar-refractivity contribution is 6.05. The van der Waals surface area contributed by atoms with E-state index in [9.17, 15) is 14.0 Å². The summed E-state index contributed by atoms with van der Waals surface area (Å²) in [6, 6.07) is 17.1. The number of piperidine rings is 1. The zero-order valence-electron chi connectivity index (χ0n) is 22.9. The zero-order chi connectivity index (χ0) is 28.0. The van der Waals surface area contributed by atoms with Crippen molar-refractivity contribution < 1.29 is 18.7 Å². The van der Waals surface area contributed by atoms with Gasteiger partial charge in [0.05, 0.1) is 6.04 Å². The number of benzene rings is 2. The van der Waals surface area contributed by atoms with Crippen LogP contribution in [0.5, 0.6) is 0 Å². The number of rotatable bonds is 7. The second kappa shape index (κ2) is 12.2. The molecule has 0 unspecified atom stereocenters. The Morgan fingerprint density at radius 3 is 2.38 bits per heavy atom. The fraction of sp³-hybridized carbons (Fsp3) is 0.400. The fourth-order valence-corrected chi connectivity index (χ4v) is 4.50. The van der Waals surface area contributed by atoms with Crippen molar-refractivity contribution in [1.29, 1.82) is 0 Å². The molecule has 3 aromatic rings. The smallest absolute Gasteiger partial charge is 0.410 e. The highest BCUT2D eigenvalue weighted by Gasteiger charge is 2.30.